The molecular weight excluding hydrogens is 283 g/mol. The second kappa shape index (κ2) is 7.44. The summed E-state index contributed by atoms with van der Waals surface area (Å²) >= 11 is 0. The predicted octanol–water partition coefficient (Wildman–Crippen LogP) is 2.68. The van der Waals surface area contributed by atoms with Gasteiger partial charge in [0.05, 0.1) is 0 Å². The van der Waals surface area contributed by atoms with Crippen LogP contribution in [0.25, 0.3) is 0 Å². The summed E-state index contributed by atoms with van der Waals surface area (Å²) in [6.07, 6.45) is -3.76. The fraction of sp³-hybridized carbons (Fsp3) is 0.692. The maximum Gasteiger partial charge on any atom is 0.451 e. The first-order valence-corrected chi connectivity index (χ1v) is 6.84. The van der Waals surface area contributed by atoms with Gasteiger partial charge in [0.15, 0.2) is 0 Å². The van der Waals surface area contributed by atoms with E-state index in [1.165, 1.54) is 6.07 Å². The number of hydrogen-bond donors (Lipinski definition) is 2. The van der Waals surface area contributed by atoms with Gasteiger partial charge in [-0.15, -0.1) is 0 Å². The zero-order valence-corrected chi connectivity index (χ0v) is 12.8. The van der Waals surface area contributed by atoms with Crippen molar-refractivity contribution in [2.24, 2.45) is 0 Å². The Hall–Kier alpha value is -1.57. The highest BCUT2D eigenvalue weighted by Crippen LogP contribution is 2.28. The van der Waals surface area contributed by atoms with Crippen molar-refractivity contribution in [3.63, 3.8) is 0 Å². The number of hydrogen-bond acceptors (Lipinski definition) is 5. The summed E-state index contributed by atoms with van der Waals surface area (Å²) in [6, 6.07) is 1.66. The summed E-state index contributed by atoms with van der Waals surface area (Å²) in [5.41, 5.74) is 0. The fourth-order valence-electron chi connectivity index (χ4n) is 1.44. The monoisotopic (exact) mass is 305 g/mol. The van der Waals surface area contributed by atoms with Crippen molar-refractivity contribution in [2.45, 2.75) is 32.5 Å². The van der Waals surface area contributed by atoms with E-state index in [0.717, 1.165) is 6.42 Å². The molecule has 1 aromatic rings. The van der Waals surface area contributed by atoms with E-state index in [4.69, 9.17) is 0 Å². The summed E-state index contributed by atoms with van der Waals surface area (Å²) in [6.45, 7) is 4.95. The second-order valence-corrected chi connectivity index (χ2v) is 5.08. The minimum atomic E-state index is -4.56. The third kappa shape index (κ3) is 5.74. The van der Waals surface area contributed by atoms with Crippen molar-refractivity contribution in [2.75, 3.05) is 37.8 Å². The number of rotatable bonds is 7. The Morgan fingerprint density at radius 1 is 1.19 bits per heavy atom. The molecule has 0 aromatic carbocycles. The van der Waals surface area contributed by atoms with Gasteiger partial charge in [-0.2, -0.15) is 13.2 Å². The molecule has 1 atom stereocenters. The molecule has 120 valence electrons. The molecule has 1 unspecified atom stereocenters. The van der Waals surface area contributed by atoms with Crippen LogP contribution in [-0.4, -0.2) is 48.1 Å². The first-order valence-electron chi connectivity index (χ1n) is 6.84. The molecule has 5 nitrogen and oxygen atoms in total. The zero-order chi connectivity index (χ0) is 16.0. The molecule has 0 saturated heterocycles. The molecule has 1 heterocycles. The van der Waals surface area contributed by atoms with Gasteiger partial charge in [-0.3, -0.25) is 0 Å². The van der Waals surface area contributed by atoms with Crippen molar-refractivity contribution in [1.82, 2.24) is 14.9 Å². The Labute approximate surface area is 123 Å². The van der Waals surface area contributed by atoms with Crippen LogP contribution in [0.5, 0.6) is 0 Å². The van der Waals surface area contributed by atoms with E-state index in [0.29, 0.717) is 13.1 Å². The van der Waals surface area contributed by atoms with Gasteiger partial charge in [0, 0.05) is 25.2 Å². The summed E-state index contributed by atoms with van der Waals surface area (Å²) in [5, 5.41) is 5.78. The molecule has 0 aliphatic carbocycles. The molecule has 0 saturated carbocycles. The van der Waals surface area contributed by atoms with E-state index in [2.05, 4.69) is 20.6 Å². The lowest BCUT2D eigenvalue weighted by molar-refractivity contribution is -0.144. The van der Waals surface area contributed by atoms with Crippen molar-refractivity contribution in [3.8, 4) is 0 Å². The van der Waals surface area contributed by atoms with E-state index in [1.807, 2.05) is 32.8 Å². The summed E-state index contributed by atoms with van der Waals surface area (Å²) in [5.74, 6) is -0.785. The number of nitrogens with one attached hydrogen (secondary N) is 2. The van der Waals surface area contributed by atoms with Crippen molar-refractivity contribution >= 4 is 11.6 Å². The quantitative estimate of drug-likeness (QED) is 0.811. The largest absolute Gasteiger partial charge is 0.451 e. The molecule has 21 heavy (non-hydrogen) atoms. The molecule has 1 aromatic heterocycles. The maximum absolute atomic E-state index is 12.8. The van der Waals surface area contributed by atoms with E-state index in [-0.39, 0.29) is 17.7 Å². The Balaban J connectivity index is 2.91. The van der Waals surface area contributed by atoms with E-state index < -0.39 is 12.0 Å². The van der Waals surface area contributed by atoms with E-state index >= 15 is 0 Å². The normalized spacial score (nSPS) is 13.3. The third-order valence-electron chi connectivity index (χ3n) is 3.00. The topological polar surface area (TPSA) is 53.1 Å². The number of anilines is 2. The highest BCUT2D eigenvalue weighted by molar-refractivity contribution is 5.48. The zero-order valence-electron chi connectivity index (χ0n) is 12.8. The lowest BCUT2D eigenvalue weighted by atomic mass is 10.3. The highest BCUT2D eigenvalue weighted by Gasteiger charge is 2.35. The van der Waals surface area contributed by atoms with Crippen LogP contribution in [0.15, 0.2) is 6.07 Å². The molecule has 2 N–H and O–H groups in total. The van der Waals surface area contributed by atoms with E-state index in [9.17, 15) is 13.2 Å². The average molecular weight is 305 g/mol. The molecule has 0 aliphatic rings. The van der Waals surface area contributed by atoms with Gasteiger partial charge in [0.2, 0.25) is 5.82 Å². The third-order valence-corrected chi connectivity index (χ3v) is 3.00. The van der Waals surface area contributed by atoms with Crippen molar-refractivity contribution < 1.29 is 13.2 Å². The first kappa shape index (κ1) is 17.5. The summed E-state index contributed by atoms with van der Waals surface area (Å²) in [7, 11) is 3.81. The minimum absolute atomic E-state index is 0.168. The highest BCUT2D eigenvalue weighted by atomic mass is 19.4. The minimum Gasteiger partial charge on any atom is -0.370 e. The first-order chi connectivity index (χ1) is 9.74. The van der Waals surface area contributed by atoms with Crippen LogP contribution in [0.2, 0.25) is 0 Å². The van der Waals surface area contributed by atoms with Gasteiger partial charge in [-0.05, 0) is 27.4 Å². The van der Waals surface area contributed by atoms with Crippen LogP contribution in [0.1, 0.15) is 26.1 Å². The van der Waals surface area contributed by atoms with Gasteiger partial charge in [-0.25, -0.2) is 9.97 Å². The number of nitrogens with zero attached hydrogens (tertiary/aromatic N) is 3. The Morgan fingerprint density at radius 2 is 1.76 bits per heavy atom. The van der Waals surface area contributed by atoms with Gasteiger partial charge in [0.1, 0.15) is 11.6 Å². The molecule has 0 bridgehead atoms. The molecule has 0 spiro atoms. The number of halogens is 3. The molecule has 0 amide bonds. The van der Waals surface area contributed by atoms with E-state index in [1.54, 1.807) is 0 Å². The number of likely N-dealkylation sites (N-methyl/N-ethyl adjacent to an activating group) is 1. The van der Waals surface area contributed by atoms with Crippen LogP contribution in [0.4, 0.5) is 24.8 Å². The van der Waals surface area contributed by atoms with Crippen LogP contribution in [0.3, 0.4) is 0 Å². The molecule has 1 rings (SSSR count). The molecule has 0 fully saturated rings. The Kier molecular flexibility index (Phi) is 6.19. The summed E-state index contributed by atoms with van der Waals surface area (Å²) in [4.78, 5) is 9.01. The van der Waals surface area contributed by atoms with Crippen LogP contribution < -0.4 is 10.6 Å². The fourth-order valence-corrected chi connectivity index (χ4v) is 1.44. The van der Waals surface area contributed by atoms with Gasteiger partial charge >= 0.3 is 6.18 Å². The lowest BCUT2D eigenvalue weighted by Crippen LogP contribution is -2.31. The maximum atomic E-state index is 12.8. The van der Waals surface area contributed by atoms with Gasteiger partial charge in [0.25, 0.3) is 0 Å². The molecular formula is C13H22F3N5. The second-order valence-electron chi connectivity index (χ2n) is 5.08. The lowest BCUT2D eigenvalue weighted by Gasteiger charge is -2.20. The van der Waals surface area contributed by atoms with Gasteiger partial charge < -0.3 is 15.5 Å². The SMILES string of the molecule is CCCNc1cc(NCC(C)N(C)C)nc(C(F)(F)F)n1. The number of aromatic nitrogens is 2. The standard InChI is InChI=1S/C13H22F3N5/c1-5-6-17-10-7-11(18-8-9(2)21(3)4)20-12(19-10)13(14,15)16/h7,9H,5-6,8H2,1-4H3,(H2,17,18,19,20). The molecule has 0 radical (unpaired) electrons. The van der Waals surface area contributed by atoms with Crippen LogP contribution in [0, 0.1) is 0 Å². The smallest absolute Gasteiger partial charge is 0.370 e. The Bertz CT molecular complexity index is 448. The predicted molar refractivity (Wildman–Crippen MR) is 77.5 cm³/mol. The van der Waals surface area contributed by atoms with Crippen LogP contribution in [-0.2, 0) is 6.18 Å². The van der Waals surface area contributed by atoms with Crippen LogP contribution >= 0.6 is 0 Å². The van der Waals surface area contributed by atoms with Gasteiger partial charge in [-0.1, -0.05) is 6.92 Å². The van der Waals surface area contributed by atoms with Crippen molar-refractivity contribution in [3.05, 3.63) is 11.9 Å². The number of alkyl halides is 3. The Morgan fingerprint density at radius 3 is 2.24 bits per heavy atom. The molecule has 8 heteroatoms. The average Bonchev–Trinajstić information content (AvgIpc) is 2.41. The van der Waals surface area contributed by atoms with Crippen molar-refractivity contribution in [1.29, 1.82) is 0 Å². The molecule has 0 aliphatic heterocycles. The summed E-state index contributed by atoms with van der Waals surface area (Å²) < 4.78 is 38.4.